The SMILES string of the molecule is C[N-]C.N=C(O)c1ccc(OC(F)(F)F)cc1.[Y]. The van der Waals surface area contributed by atoms with E-state index in [9.17, 15) is 13.2 Å². The zero-order valence-corrected chi connectivity index (χ0v) is 12.7. The summed E-state index contributed by atoms with van der Waals surface area (Å²) in [6, 6.07) is 4.36. The van der Waals surface area contributed by atoms with Crippen molar-refractivity contribution in [2.24, 2.45) is 0 Å². The number of nitrogens with zero attached hydrogens (tertiary/aromatic N) is 1. The minimum Gasteiger partial charge on any atom is -0.668 e. The van der Waals surface area contributed by atoms with Crippen molar-refractivity contribution in [2.75, 3.05) is 14.1 Å². The summed E-state index contributed by atoms with van der Waals surface area (Å²) < 4.78 is 38.6. The Hall–Kier alpha value is -0.656. The molecule has 8 heteroatoms. The van der Waals surface area contributed by atoms with Crippen LogP contribution in [0.25, 0.3) is 5.32 Å². The summed E-state index contributed by atoms with van der Waals surface area (Å²) in [6.07, 6.45) is -4.73. The maximum Gasteiger partial charge on any atom is 0.573 e. The smallest absolute Gasteiger partial charge is 0.573 e. The van der Waals surface area contributed by atoms with Gasteiger partial charge < -0.3 is 15.2 Å². The van der Waals surface area contributed by atoms with E-state index in [1.165, 1.54) is 0 Å². The molecule has 18 heavy (non-hydrogen) atoms. The maximum atomic E-state index is 11.7. The first-order valence-corrected chi connectivity index (χ1v) is 4.41. The Morgan fingerprint density at radius 1 is 1.22 bits per heavy atom. The largest absolute Gasteiger partial charge is 0.668 e. The van der Waals surface area contributed by atoms with Gasteiger partial charge >= 0.3 is 6.36 Å². The van der Waals surface area contributed by atoms with Gasteiger partial charge in [-0.1, -0.05) is 0 Å². The minimum absolute atomic E-state index is 0. The predicted molar refractivity (Wildman–Crippen MR) is 57.8 cm³/mol. The van der Waals surface area contributed by atoms with Crippen molar-refractivity contribution in [3.63, 3.8) is 0 Å². The van der Waals surface area contributed by atoms with E-state index in [1.807, 2.05) is 0 Å². The minimum atomic E-state index is -4.73. The summed E-state index contributed by atoms with van der Waals surface area (Å²) in [4.78, 5) is 0. The van der Waals surface area contributed by atoms with Crippen LogP contribution in [0.2, 0.25) is 0 Å². The first-order chi connectivity index (χ1) is 7.80. The zero-order chi connectivity index (χ0) is 13.5. The maximum absolute atomic E-state index is 11.7. The molecule has 0 atom stereocenters. The van der Waals surface area contributed by atoms with Gasteiger partial charge in [0, 0.05) is 38.3 Å². The van der Waals surface area contributed by atoms with Crippen LogP contribution in [0.4, 0.5) is 13.2 Å². The van der Waals surface area contributed by atoms with Gasteiger partial charge in [0.05, 0.1) is 0 Å². The number of hydrogen-bond acceptors (Lipinski definition) is 2. The summed E-state index contributed by atoms with van der Waals surface area (Å²) in [6.45, 7) is 0. The van der Waals surface area contributed by atoms with Crippen LogP contribution >= 0.6 is 0 Å². The van der Waals surface area contributed by atoms with E-state index < -0.39 is 12.3 Å². The van der Waals surface area contributed by atoms with Crippen molar-refractivity contribution in [1.29, 1.82) is 5.41 Å². The fourth-order valence-electron chi connectivity index (χ4n) is 0.814. The second-order valence-corrected chi connectivity index (χ2v) is 2.87. The van der Waals surface area contributed by atoms with Crippen LogP contribution in [0, 0.1) is 5.41 Å². The molecule has 0 saturated heterocycles. The van der Waals surface area contributed by atoms with E-state index in [0.29, 0.717) is 0 Å². The van der Waals surface area contributed by atoms with E-state index in [4.69, 9.17) is 10.5 Å². The van der Waals surface area contributed by atoms with Gasteiger partial charge in [-0.15, -0.1) is 13.2 Å². The third kappa shape index (κ3) is 9.38. The number of halogens is 3. The molecule has 1 rings (SSSR count). The van der Waals surface area contributed by atoms with E-state index >= 15 is 0 Å². The molecule has 0 aliphatic rings. The number of benzene rings is 1. The van der Waals surface area contributed by atoms with E-state index in [2.05, 4.69) is 10.1 Å². The van der Waals surface area contributed by atoms with Gasteiger partial charge in [0.25, 0.3) is 0 Å². The number of alkyl halides is 3. The van der Waals surface area contributed by atoms with Gasteiger partial charge in [-0.2, -0.15) is 14.1 Å². The Morgan fingerprint density at radius 3 is 1.89 bits per heavy atom. The molecular formula is C10H12F3N2O2Y-. The third-order valence-corrected chi connectivity index (χ3v) is 1.36. The number of ether oxygens (including phenoxy) is 1. The molecule has 0 saturated carbocycles. The Kier molecular flexibility index (Phi) is 10.2. The van der Waals surface area contributed by atoms with E-state index in [-0.39, 0.29) is 44.0 Å². The van der Waals surface area contributed by atoms with Gasteiger partial charge in [0.15, 0.2) is 0 Å². The molecule has 0 spiro atoms. The van der Waals surface area contributed by atoms with Gasteiger partial charge in [-0.05, 0) is 24.3 Å². The van der Waals surface area contributed by atoms with E-state index in [0.717, 1.165) is 24.3 Å². The topological polar surface area (TPSA) is 67.4 Å². The van der Waals surface area contributed by atoms with Crippen LogP contribution < -0.4 is 4.74 Å². The van der Waals surface area contributed by atoms with Crippen LogP contribution in [0.5, 0.6) is 5.75 Å². The van der Waals surface area contributed by atoms with Crippen LogP contribution in [0.1, 0.15) is 5.56 Å². The van der Waals surface area contributed by atoms with Crippen molar-refractivity contribution in [3.8, 4) is 5.75 Å². The van der Waals surface area contributed by atoms with Gasteiger partial charge in [-0.3, -0.25) is 5.41 Å². The number of rotatable bonds is 2. The van der Waals surface area contributed by atoms with Crippen molar-refractivity contribution >= 4 is 5.90 Å². The van der Waals surface area contributed by atoms with Gasteiger partial charge in [0.1, 0.15) is 5.75 Å². The summed E-state index contributed by atoms with van der Waals surface area (Å²) in [5.74, 6) is -1.09. The first kappa shape index (κ1) is 19.7. The molecule has 0 amide bonds. The summed E-state index contributed by atoms with van der Waals surface area (Å²) >= 11 is 0. The molecule has 0 fully saturated rings. The van der Waals surface area contributed by atoms with Crippen LogP contribution in [0.3, 0.4) is 0 Å². The van der Waals surface area contributed by atoms with E-state index in [1.54, 1.807) is 14.1 Å². The van der Waals surface area contributed by atoms with Crippen molar-refractivity contribution in [2.45, 2.75) is 6.36 Å². The van der Waals surface area contributed by atoms with Gasteiger partial charge in [0.2, 0.25) is 5.90 Å². The molecule has 1 radical (unpaired) electrons. The molecule has 0 aliphatic carbocycles. The molecule has 4 nitrogen and oxygen atoms in total. The molecule has 2 N–H and O–H groups in total. The summed E-state index contributed by atoms with van der Waals surface area (Å²) in [5, 5.41) is 18.9. The predicted octanol–water partition coefficient (Wildman–Crippen LogP) is 3.09. The van der Waals surface area contributed by atoms with Crippen LogP contribution in [0.15, 0.2) is 24.3 Å². The Balaban J connectivity index is 0. The van der Waals surface area contributed by atoms with Crippen LogP contribution in [-0.2, 0) is 32.7 Å². The van der Waals surface area contributed by atoms with Crippen molar-refractivity contribution in [1.82, 2.24) is 0 Å². The molecule has 0 heterocycles. The normalized spacial score (nSPS) is 9.61. The molecule has 0 aromatic heterocycles. The van der Waals surface area contributed by atoms with Crippen molar-refractivity contribution < 1.29 is 55.7 Å². The zero-order valence-electron chi connectivity index (χ0n) is 9.82. The second kappa shape index (κ2) is 9.30. The summed E-state index contributed by atoms with van der Waals surface area (Å²) in [5.41, 5.74) is 0.125. The fraction of sp³-hybridized carbons (Fsp3) is 0.300. The standard InChI is InChI=1S/C8H6F3NO2.C2H6N.Y/c9-8(10,11)14-6-3-1-5(2-4-6)7(12)13;1-3-2;/h1-4H,(H2,12,13);1-2H3;/q;-1;. The Morgan fingerprint density at radius 2 is 1.61 bits per heavy atom. The van der Waals surface area contributed by atoms with Crippen LogP contribution in [-0.4, -0.2) is 31.5 Å². The number of aliphatic hydroxyl groups excluding tert-OH is 1. The molecule has 0 aliphatic heterocycles. The number of nitrogens with one attached hydrogen (secondary N) is 1. The Labute approximate surface area is 128 Å². The average Bonchev–Trinajstić information content (AvgIpc) is 2.17. The van der Waals surface area contributed by atoms with Gasteiger partial charge in [-0.25, -0.2) is 0 Å². The Bertz CT molecular complexity index is 355. The third-order valence-electron chi connectivity index (χ3n) is 1.36. The quantitative estimate of drug-likeness (QED) is 0.643. The van der Waals surface area contributed by atoms with Crippen molar-refractivity contribution in [3.05, 3.63) is 35.1 Å². The second-order valence-electron chi connectivity index (χ2n) is 2.87. The average molecular weight is 338 g/mol. The molecular weight excluding hydrogens is 326 g/mol. The molecule has 0 unspecified atom stereocenters. The fourth-order valence-corrected chi connectivity index (χ4v) is 0.814. The summed E-state index contributed by atoms with van der Waals surface area (Å²) in [7, 11) is 3.50. The first-order valence-electron chi connectivity index (χ1n) is 4.41. The molecule has 1 aromatic carbocycles. The molecule has 99 valence electrons. The monoisotopic (exact) mass is 338 g/mol. The molecule has 1 aromatic rings. The number of hydrogen-bond donors (Lipinski definition) is 2. The number of aliphatic hydroxyl groups is 1. The molecule has 0 bridgehead atoms.